The Hall–Kier alpha value is -3.90. The number of rotatable bonds is 10. The molecule has 0 unspecified atom stereocenters. The minimum Gasteiger partial charge on any atom is -0.351 e. The Labute approximate surface area is 219 Å². The molecular weight excluding hydrogens is 494 g/mol. The van der Waals surface area contributed by atoms with Gasteiger partial charge in [0.05, 0.1) is 21.9 Å². The number of nitrogens with one attached hydrogen (secondary N) is 4. The third-order valence-electron chi connectivity index (χ3n) is 5.52. The Kier molecular flexibility index (Phi) is 8.90. The normalized spacial score (nSPS) is 10.9. The summed E-state index contributed by atoms with van der Waals surface area (Å²) in [7, 11) is 7.41. The summed E-state index contributed by atoms with van der Waals surface area (Å²) in [5.74, 6) is -1.14. The summed E-state index contributed by atoms with van der Waals surface area (Å²) in [5.41, 5.74) is 2.24. The van der Waals surface area contributed by atoms with E-state index in [1.165, 1.54) is 18.3 Å². The second-order valence-electron chi connectivity index (χ2n) is 9.03. The molecule has 0 aliphatic rings. The minimum atomic E-state index is -0.364. The van der Waals surface area contributed by atoms with Crippen molar-refractivity contribution in [3.63, 3.8) is 0 Å². The molecule has 0 spiro atoms. The lowest BCUT2D eigenvalue weighted by atomic mass is 10.2. The molecule has 0 aromatic carbocycles. The summed E-state index contributed by atoms with van der Waals surface area (Å²) in [6.07, 6.45) is 4.16. The van der Waals surface area contributed by atoms with E-state index in [0.29, 0.717) is 39.9 Å². The summed E-state index contributed by atoms with van der Waals surface area (Å²) in [5, 5.41) is 11.7. The molecule has 4 N–H and O–H groups in total. The van der Waals surface area contributed by atoms with E-state index in [4.69, 9.17) is 0 Å². The highest BCUT2D eigenvalue weighted by Gasteiger charge is 2.19. The summed E-state index contributed by atoms with van der Waals surface area (Å²) in [6.45, 7) is 4.63. The van der Waals surface area contributed by atoms with Gasteiger partial charge in [-0.05, 0) is 52.2 Å². The van der Waals surface area contributed by atoms with Gasteiger partial charge < -0.3 is 35.3 Å². The highest BCUT2D eigenvalue weighted by atomic mass is 32.1. The maximum atomic E-state index is 13.0. The number of amides is 4. The van der Waals surface area contributed by atoms with Gasteiger partial charge in [-0.3, -0.25) is 19.2 Å². The summed E-state index contributed by atoms with van der Waals surface area (Å²) < 4.78 is 3.28. The van der Waals surface area contributed by atoms with E-state index in [-0.39, 0.29) is 23.6 Å². The molecule has 4 amide bonds. The zero-order valence-corrected chi connectivity index (χ0v) is 22.7. The van der Waals surface area contributed by atoms with E-state index in [9.17, 15) is 19.2 Å². The third-order valence-corrected chi connectivity index (χ3v) is 6.49. The Morgan fingerprint density at radius 3 is 2.05 bits per heavy atom. The van der Waals surface area contributed by atoms with E-state index in [2.05, 4.69) is 26.2 Å². The lowest BCUT2D eigenvalue weighted by molar-refractivity contribution is -0.114. The first-order valence-corrected chi connectivity index (χ1v) is 12.5. The second-order valence-corrected chi connectivity index (χ2v) is 10.3. The van der Waals surface area contributed by atoms with Gasteiger partial charge in [0.2, 0.25) is 5.91 Å². The van der Waals surface area contributed by atoms with E-state index >= 15 is 0 Å². The zero-order valence-electron chi connectivity index (χ0n) is 21.9. The van der Waals surface area contributed by atoms with Gasteiger partial charge in [-0.1, -0.05) is 0 Å². The van der Waals surface area contributed by atoms with E-state index in [0.717, 1.165) is 17.8 Å². The van der Waals surface area contributed by atoms with Gasteiger partial charge in [-0.15, -0.1) is 11.3 Å². The molecule has 0 aliphatic heterocycles. The third kappa shape index (κ3) is 7.30. The van der Waals surface area contributed by atoms with E-state index < -0.39 is 0 Å². The highest BCUT2D eigenvalue weighted by Crippen LogP contribution is 2.28. The molecule has 0 atom stereocenters. The van der Waals surface area contributed by atoms with Crippen LogP contribution in [0.1, 0.15) is 49.6 Å². The second kappa shape index (κ2) is 11.9. The minimum absolute atomic E-state index is 0.208. The van der Waals surface area contributed by atoms with E-state index in [1.807, 2.05) is 14.1 Å². The molecule has 37 heavy (non-hydrogen) atoms. The fourth-order valence-corrected chi connectivity index (χ4v) is 4.66. The van der Waals surface area contributed by atoms with Crippen LogP contribution in [0.5, 0.6) is 0 Å². The largest absolute Gasteiger partial charge is 0.351 e. The molecule has 3 heterocycles. The van der Waals surface area contributed by atoms with Gasteiger partial charge in [-0.2, -0.15) is 0 Å². The Morgan fingerprint density at radius 1 is 0.865 bits per heavy atom. The van der Waals surface area contributed by atoms with Crippen LogP contribution in [-0.4, -0.2) is 64.8 Å². The predicted octanol–water partition coefficient (Wildman–Crippen LogP) is 2.88. The molecular formula is C25H33N7O4S. The first kappa shape index (κ1) is 27.7. The molecule has 0 fully saturated rings. The zero-order chi connectivity index (χ0) is 27.3. The van der Waals surface area contributed by atoms with Gasteiger partial charge in [-0.25, -0.2) is 0 Å². The van der Waals surface area contributed by atoms with Gasteiger partial charge in [0.1, 0.15) is 11.4 Å². The van der Waals surface area contributed by atoms with E-state index in [1.54, 1.807) is 60.7 Å². The van der Waals surface area contributed by atoms with Crippen molar-refractivity contribution in [1.29, 1.82) is 0 Å². The van der Waals surface area contributed by atoms with Crippen LogP contribution >= 0.6 is 11.3 Å². The highest BCUT2D eigenvalue weighted by molar-refractivity contribution is 7.16. The summed E-state index contributed by atoms with van der Waals surface area (Å²) in [4.78, 5) is 52.3. The van der Waals surface area contributed by atoms with Gasteiger partial charge in [0.15, 0.2) is 0 Å². The van der Waals surface area contributed by atoms with Crippen molar-refractivity contribution in [2.75, 3.05) is 43.1 Å². The molecule has 0 bridgehead atoms. The Bertz CT molecular complexity index is 1320. The van der Waals surface area contributed by atoms with Crippen LogP contribution in [0.2, 0.25) is 0 Å². The molecule has 0 saturated heterocycles. The first-order chi connectivity index (χ1) is 17.4. The van der Waals surface area contributed by atoms with Crippen molar-refractivity contribution in [3.8, 4) is 0 Å². The number of carbonyl (C=O) groups is 4. The average molecular weight is 528 g/mol. The van der Waals surface area contributed by atoms with Crippen LogP contribution in [0.25, 0.3) is 0 Å². The first-order valence-electron chi connectivity index (χ1n) is 11.7. The number of anilines is 3. The van der Waals surface area contributed by atoms with Crippen LogP contribution in [0.3, 0.4) is 0 Å². The summed E-state index contributed by atoms with van der Waals surface area (Å²) in [6, 6.07) is 4.83. The fourth-order valence-electron chi connectivity index (χ4n) is 3.75. The monoisotopic (exact) mass is 527 g/mol. The topological polar surface area (TPSA) is 130 Å². The molecule has 0 radical (unpaired) electrons. The van der Waals surface area contributed by atoms with Crippen molar-refractivity contribution >= 4 is 51.3 Å². The number of aryl methyl sites for hydroxylation is 3. The quantitative estimate of drug-likeness (QED) is 0.301. The van der Waals surface area contributed by atoms with Gasteiger partial charge >= 0.3 is 0 Å². The molecule has 3 aromatic heterocycles. The number of nitrogens with zero attached hydrogens (tertiary/aromatic N) is 3. The predicted molar refractivity (Wildman–Crippen MR) is 146 cm³/mol. The van der Waals surface area contributed by atoms with Crippen LogP contribution in [0.4, 0.5) is 16.4 Å². The summed E-state index contributed by atoms with van der Waals surface area (Å²) >= 11 is 1.28. The number of carbonyl (C=O) groups excluding carboxylic acids is 4. The van der Waals surface area contributed by atoms with Gasteiger partial charge in [0, 0.05) is 44.8 Å². The fraction of sp³-hybridized carbons (Fsp3) is 0.360. The lowest BCUT2D eigenvalue weighted by Gasteiger charge is -2.10. The maximum absolute atomic E-state index is 13.0. The number of hydrogen-bond acceptors (Lipinski definition) is 6. The molecule has 12 heteroatoms. The molecule has 11 nitrogen and oxygen atoms in total. The van der Waals surface area contributed by atoms with Crippen LogP contribution in [0.15, 0.2) is 30.6 Å². The standard InChI is InChI=1S/C25H33N7O4S/c1-15-19(12-22(37-15)29-25(36)21-10-17(13-32(21)6)27-16(2)33)23(34)28-18-11-20(31(5)14-18)24(35)26-8-7-9-30(3)4/h10-14H,7-9H2,1-6H3,(H,26,35)(H,27,33)(H,28,34)(H,29,36). The van der Waals surface area contributed by atoms with Crippen molar-refractivity contribution in [3.05, 3.63) is 52.4 Å². The smallest absolute Gasteiger partial charge is 0.272 e. The van der Waals surface area contributed by atoms with Crippen LogP contribution in [-0.2, 0) is 18.9 Å². The van der Waals surface area contributed by atoms with Crippen LogP contribution in [0, 0.1) is 6.92 Å². The SMILES string of the molecule is CC(=O)Nc1cc(C(=O)Nc2cc(C(=O)Nc3cc(C(=O)NCCCN(C)C)n(C)c3)c(C)s2)n(C)c1. The van der Waals surface area contributed by atoms with Crippen molar-refractivity contribution in [2.24, 2.45) is 14.1 Å². The van der Waals surface area contributed by atoms with Crippen molar-refractivity contribution < 1.29 is 19.2 Å². The van der Waals surface area contributed by atoms with Crippen LogP contribution < -0.4 is 21.3 Å². The molecule has 0 aliphatic carbocycles. The average Bonchev–Trinajstić information content (AvgIpc) is 3.46. The number of thiophene rings is 1. The van der Waals surface area contributed by atoms with Crippen molar-refractivity contribution in [2.45, 2.75) is 20.3 Å². The number of aromatic nitrogens is 2. The molecule has 198 valence electrons. The molecule has 3 aromatic rings. The lowest BCUT2D eigenvalue weighted by Crippen LogP contribution is -2.28. The Balaban J connectivity index is 1.63. The number of hydrogen-bond donors (Lipinski definition) is 4. The Morgan fingerprint density at radius 2 is 1.46 bits per heavy atom. The molecule has 3 rings (SSSR count). The van der Waals surface area contributed by atoms with Crippen molar-refractivity contribution in [1.82, 2.24) is 19.4 Å². The molecule has 0 saturated carbocycles. The maximum Gasteiger partial charge on any atom is 0.272 e. The van der Waals surface area contributed by atoms with Gasteiger partial charge in [0.25, 0.3) is 17.7 Å².